The van der Waals surface area contributed by atoms with Crippen LogP contribution in [-0.2, 0) is 14.8 Å². The van der Waals surface area contributed by atoms with E-state index >= 15 is 0 Å². The van der Waals surface area contributed by atoms with Crippen molar-refractivity contribution in [3.8, 4) is 5.75 Å². The second kappa shape index (κ2) is 7.98. The van der Waals surface area contributed by atoms with Crippen molar-refractivity contribution in [3.05, 3.63) is 24.3 Å². The quantitative estimate of drug-likeness (QED) is 0.813. The van der Waals surface area contributed by atoms with Gasteiger partial charge in [-0.1, -0.05) is 13.8 Å². The number of carboxylic acid groups (broad SMARTS) is 1. The van der Waals surface area contributed by atoms with E-state index in [1.54, 1.807) is 24.3 Å². The van der Waals surface area contributed by atoms with Crippen molar-refractivity contribution in [2.75, 3.05) is 19.7 Å². The fourth-order valence-electron chi connectivity index (χ4n) is 2.61. The first-order chi connectivity index (χ1) is 11.3. The van der Waals surface area contributed by atoms with Crippen LogP contribution in [0.3, 0.4) is 0 Å². The minimum absolute atomic E-state index is 0.215. The zero-order valence-corrected chi connectivity index (χ0v) is 15.0. The first-order valence-electron chi connectivity index (χ1n) is 8.26. The number of ether oxygens (including phenoxy) is 1. The lowest BCUT2D eigenvalue weighted by molar-refractivity contribution is -0.142. The van der Waals surface area contributed by atoms with Crippen LogP contribution >= 0.6 is 0 Å². The normalized spacial score (nSPS) is 17.1. The van der Waals surface area contributed by atoms with E-state index in [0.29, 0.717) is 31.1 Å². The van der Waals surface area contributed by atoms with Crippen molar-refractivity contribution >= 4 is 16.0 Å². The van der Waals surface area contributed by atoms with E-state index in [2.05, 4.69) is 13.8 Å². The molecule has 6 nitrogen and oxygen atoms in total. The van der Waals surface area contributed by atoms with Crippen LogP contribution < -0.4 is 4.74 Å². The van der Waals surface area contributed by atoms with Gasteiger partial charge >= 0.3 is 5.97 Å². The summed E-state index contributed by atoms with van der Waals surface area (Å²) >= 11 is 0. The van der Waals surface area contributed by atoms with Crippen LogP contribution in [0.1, 0.15) is 33.1 Å². The molecule has 0 bridgehead atoms. The predicted octanol–water partition coefficient (Wildman–Crippen LogP) is 2.60. The molecule has 0 aliphatic carbocycles. The fourth-order valence-corrected chi connectivity index (χ4v) is 4.08. The van der Waals surface area contributed by atoms with Gasteiger partial charge in [-0.25, -0.2) is 8.42 Å². The summed E-state index contributed by atoms with van der Waals surface area (Å²) in [5.41, 5.74) is 0. The van der Waals surface area contributed by atoms with Gasteiger partial charge in [0.1, 0.15) is 5.75 Å². The maximum absolute atomic E-state index is 12.6. The van der Waals surface area contributed by atoms with Gasteiger partial charge < -0.3 is 9.84 Å². The summed E-state index contributed by atoms with van der Waals surface area (Å²) in [5.74, 6) is -0.0966. The smallest absolute Gasteiger partial charge is 0.306 e. The van der Waals surface area contributed by atoms with Crippen LogP contribution in [-0.4, -0.2) is 43.5 Å². The number of carbonyl (C=O) groups is 1. The minimum atomic E-state index is -3.58. The van der Waals surface area contributed by atoms with Crippen LogP contribution in [0, 0.1) is 11.8 Å². The van der Waals surface area contributed by atoms with E-state index in [0.717, 1.165) is 6.42 Å². The standard InChI is InChI=1S/C17H25NO5S/c1-13(2)9-12-23-15-3-5-16(6-4-15)24(21,22)18-10-7-14(8-11-18)17(19)20/h3-6,13-14H,7-12H2,1-2H3,(H,19,20). The van der Waals surface area contributed by atoms with Gasteiger partial charge in [0, 0.05) is 13.1 Å². The highest BCUT2D eigenvalue weighted by atomic mass is 32.2. The Morgan fingerprint density at radius 3 is 2.33 bits per heavy atom. The third-order valence-electron chi connectivity index (χ3n) is 4.23. The van der Waals surface area contributed by atoms with Crippen LogP contribution in [0.4, 0.5) is 0 Å². The second-order valence-electron chi connectivity index (χ2n) is 6.52. The van der Waals surface area contributed by atoms with E-state index < -0.39 is 21.9 Å². The predicted molar refractivity (Wildman–Crippen MR) is 90.5 cm³/mol. The molecule has 1 aliphatic rings. The Bertz CT molecular complexity index is 646. The van der Waals surface area contributed by atoms with Crippen molar-refractivity contribution in [2.45, 2.75) is 38.0 Å². The third-order valence-corrected chi connectivity index (χ3v) is 6.14. The molecule has 1 heterocycles. The summed E-state index contributed by atoms with van der Waals surface area (Å²) in [6, 6.07) is 6.42. The lowest BCUT2D eigenvalue weighted by atomic mass is 9.99. The number of hydrogen-bond donors (Lipinski definition) is 1. The second-order valence-corrected chi connectivity index (χ2v) is 8.46. The summed E-state index contributed by atoms with van der Waals surface area (Å²) in [6.07, 6.45) is 1.65. The topological polar surface area (TPSA) is 83.9 Å². The van der Waals surface area contributed by atoms with E-state index in [-0.39, 0.29) is 18.0 Å². The largest absolute Gasteiger partial charge is 0.494 e. The van der Waals surface area contributed by atoms with Crippen molar-refractivity contribution in [2.24, 2.45) is 11.8 Å². The van der Waals surface area contributed by atoms with E-state index in [4.69, 9.17) is 9.84 Å². The van der Waals surface area contributed by atoms with Crippen LogP contribution in [0.5, 0.6) is 5.75 Å². The lowest BCUT2D eigenvalue weighted by Gasteiger charge is -2.29. The molecular formula is C17H25NO5S. The van der Waals surface area contributed by atoms with Gasteiger partial charge in [-0.15, -0.1) is 0 Å². The Labute approximate surface area is 143 Å². The van der Waals surface area contributed by atoms with Crippen LogP contribution in [0.25, 0.3) is 0 Å². The number of rotatable bonds is 7. The number of hydrogen-bond acceptors (Lipinski definition) is 4. The number of nitrogens with zero attached hydrogens (tertiary/aromatic N) is 1. The molecule has 0 unspecified atom stereocenters. The highest BCUT2D eigenvalue weighted by molar-refractivity contribution is 7.89. The average molecular weight is 355 g/mol. The van der Waals surface area contributed by atoms with Gasteiger partial charge in [0.2, 0.25) is 10.0 Å². The SMILES string of the molecule is CC(C)CCOc1ccc(S(=O)(=O)N2CCC(C(=O)O)CC2)cc1. The molecule has 0 spiro atoms. The van der Waals surface area contributed by atoms with Crippen molar-refractivity contribution in [3.63, 3.8) is 0 Å². The first-order valence-corrected chi connectivity index (χ1v) is 9.70. The van der Waals surface area contributed by atoms with Gasteiger partial charge in [-0.05, 0) is 49.4 Å². The Kier molecular flexibility index (Phi) is 6.23. The number of carboxylic acids is 1. The van der Waals surface area contributed by atoms with Gasteiger partial charge in [0.05, 0.1) is 17.4 Å². The number of sulfonamides is 1. The van der Waals surface area contributed by atoms with Gasteiger partial charge in [0.15, 0.2) is 0 Å². The fraction of sp³-hybridized carbons (Fsp3) is 0.588. The van der Waals surface area contributed by atoms with E-state index in [9.17, 15) is 13.2 Å². The molecule has 0 saturated carbocycles. The van der Waals surface area contributed by atoms with Gasteiger partial charge in [0.25, 0.3) is 0 Å². The van der Waals surface area contributed by atoms with Gasteiger partial charge in [-0.3, -0.25) is 4.79 Å². The Morgan fingerprint density at radius 1 is 1.25 bits per heavy atom. The maximum Gasteiger partial charge on any atom is 0.306 e. The minimum Gasteiger partial charge on any atom is -0.494 e. The molecular weight excluding hydrogens is 330 g/mol. The molecule has 0 aromatic heterocycles. The molecule has 1 aromatic rings. The van der Waals surface area contributed by atoms with Gasteiger partial charge in [-0.2, -0.15) is 4.31 Å². The van der Waals surface area contributed by atoms with Crippen molar-refractivity contribution in [1.82, 2.24) is 4.31 Å². The molecule has 0 atom stereocenters. The molecule has 7 heteroatoms. The molecule has 24 heavy (non-hydrogen) atoms. The molecule has 1 aliphatic heterocycles. The number of benzene rings is 1. The van der Waals surface area contributed by atoms with Crippen molar-refractivity contribution < 1.29 is 23.1 Å². The molecule has 0 amide bonds. The molecule has 1 fully saturated rings. The Hall–Kier alpha value is -1.60. The summed E-state index contributed by atoms with van der Waals surface area (Å²) in [7, 11) is -3.58. The summed E-state index contributed by atoms with van der Waals surface area (Å²) < 4.78 is 32.2. The number of aliphatic carboxylic acids is 1. The Morgan fingerprint density at radius 2 is 1.83 bits per heavy atom. The maximum atomic E-state index is 12.6. The summed E-state index contributed by atoms with van der Waals surface area (Å²) in [5, 5.41) is 9.00. The van der Waals surface area contributed by atoms with E-state index in [1.807, 2.05) is 0 Å². The third kappa shape index (κ3) is 4.70. The zero-order chi connectivity index (χ0) is 17.7. The molecule has 1 saturated heterocycles. The summed E-state index contributed by atoms with van der Waals surface area (Å²) in [4.78, 5) is 11.2. The Balaban J connectivity index is 1.98. The highest BCUT2D eigenvalue weighted by Crippen LogP contribution is 2.25. The van der Waals surface area contributed by atoms with Crippen LogP contribution in [0.15, 0.2) is 29.2 Å². The molecule has 1 aromatic carbocycles. The first kappa shape index (κ1) is 18.7. The molecule has 2 rings (SSSR count). The lowest BCUT2D eigenvalue weighted by Crippen LogP contribution is -2.40. The monoisotopic (exact) mass is 355 g/mol. The number of piperidine rings is 1. The zero-order valence-electron chi connectivity index (χ0n) is 14.1. The average Bonchev–Trinajstić information content (AvgIpc) is 2.55. The van der Waals surface area contributed by atoms with Crippen LogP contribution in [0.2, 0.25) is 0 Å². The molecule has 134 valence electrons. The summed E-state index contributed by atoms with van der Waals surface area (Å²) in [6.45, 7) is 5.32. The highest BCUT2D eigenvalue weighted by Gasteiger charge is 2.31. The molecule has 1 N–H and O–H groups in total. The van der Waals surface area contributed by atoms with E-state index in [1.165, 1.54) is 4.31 Å². The molecule has 0 radical (unpaired) electrons. The van der Waals surface area contributed by atoms with Crippen molar-refractivity contribution in [1.29, 1.82) is 0 Å².